The SMILES string of the molecule is O=C(O)CN1CCN2c3ccc(-c4cc(F)cc(OC(F)F)c4)cc3N(S(=O)(=O)c3cccc(C(F)(F)F)c3)C[C@@H]2C1. The number of carbonyl (C=O) groups is 1. The molecule has 1 atom stereocenters. The van der Waals surface area contributed by atoms with Gasteiger partial charge in [-0.05, 0) is 53.6 Å². The summed E-state index contributed by atoms with van der Waals surface area (Å²) in [5.74, 6) is -2.41. The van der Waals surface area contributed by atoms with E-state index in [9.17, 15) is 44.7 Å². The van der Waals surface area contributed by atoms with Gasteiger partial charge in [0.2, 0.25) is 0 Å². The summed E-state index contributed by atoms with van der Waals surface area (Å²) in [6.07, 6.45) is -4.80. The number of fused-ring (bicyclic) bond motifs is 3. The Hall–Kier alpha value is -3.98. The fourth-order valence-corrected chi connectivity index (χ4v) is 6.81. The van der Waals surface area contributed by atoms with Crippen molar-refractivity contribution in [2.24, 2.45) is 0 Å². The molecular weight excluding hydrogens is 592 g/mol. The number of ether oxygens (including phenoxy) is 1. The van der Waals surface area contributed by atoms with Crippen LogP contribution in [0.2, 0.25) is 0 Å². The average Bonchev–Trinajstić information content (AvgIpc) is 2.90. The molecule has 42 heavy (non-hydrogen) atoms. The van der Waals surface area contributed by atoms with E-state index >= 15 is 0 Å². The van der Waals surface area contributed by atoms with Crippen molar-refractivity contribution in [3.63, 3.8) is 0 Å². The predicted octanol–water partition coefficient (Wildman–Crippen LogP) is 4.90. The minimum absolute atomic E-state index is 0.0773. The van der Waals surface area contributed by atoms with E-state index < -0.39 is 56.8 Å². The Morgan fingerprint density at radius 1 is 0.976 bits per heavy atom. The number of hydrogen-bond donors (Lipinski definition) is 1. The number of anilines is 2. The molecule has 15 heteroatoms. The van der Waals surface area contributed by atoms with Gasteiger partial charge in [0, 0.05) is 25.7 Å². The van der Waals surface area contributed by atoms with E-state index in [1.807, 2.05) is 4.90 Å². The van der Waals surface area contributed by atoms with Gasteiger partial charge < -0.3 is 14.7 Å². The van der Waals surface area contributed by atoms with E-state index in [2.05, 4.69) is 4.74 Å². The minimum Gasteiger partial charge on any atom is -0.480 e. The lowest BCUT2D eigenvalue weighted by molar-refractivity contribution is -0.139. The highest BCUT2D eigenvalue weighted by Gasteiger charge is 2.41. The van der Waals surface area contributed by atoms with E-state index in [4.69, 9.17) is 0 Å². The Balaban J connectivity index is 1.62. The van der Waals surface area contributed by atoms with Crippen LogP contribution in [-0.4, -0.2) is 69.8 Å². The standard InChI is InChI=1S/C27H23F6N3O5S/c28-19-8-17(9-21(12-19)41-26(29)30)16-4-5-23-24(10-16)36(14-20-13-34(15-25(37)38)6-7-35(20)23)42(39,40)22-3-1-2-18(11-22)27(31,32)33/h1-5,8-12,20,26H,6-7,13-15H2,(H,37,38)/t20-/m0/s1. The Labute approximate surface area is 236 Å². The second kappa shape index (κ2) is 11.0. The van der Waals surface area contributed by atoms with Crippen LogP contribution in [0.5, 0.6) is 5.75 Å². The predicted molar refractivity (Wildman–Crippen MR) is 140 cm³/mol. The van der Waals surface area contributed by atoms with Gasteiger partial charge >= 0.3 is 18.8 Å². The van der Waals surface area contributed by atoms with Crippen LogP contribution < -0.4 is 13.9 Å². The second-order valence-electron chi connectivity index (χ2n) is 9.80. The van der Waals surface area contributed by atoms with E-state index in [-0.39, 0.29) is 36.4 Å². The number of carboxylic acid groups (broad SMARTS) is 1. The molecule has 0 bridgehead atoms. The zero-order chi connectivity index (χ0) is 30.4. The molecule has 3 aromatic rings. The highest BCUT2D eigenvalue weighted by Crippen LogP contribution is 2.43. The summed E-state index contributed by atoms with van der Waals surface area (Å²) in [4.78, 5) is 14.2. The molecule has 3 aromatic carbocycles. The van der Waals surface area contributed by atoms with Gasteiger partial charge in [0.05, 0.1) is 41.0 Å². The summed E-state index contributed by atoms with van der Waals surface area (Å²) in [6, 6.07) is 10.2. The molecule has 0 amide bonds. The van der Waals surface area contributed by atoms with Crippen LogP contribution in [-0.2, 0) is 21.0 Å². The van der Waals surface area contributed by atoms with E-state index in [0.29, 0.717) is 24.8 Å². The molecular formula is C27H23F6N3O5S. The van der Waals surface area contributed by atoms with Gasteiger partial charge in [-0.25, -0.2) is 12.8 Å². The summed E-state index contributed by atoms with van der Waals surface area (Å²) in [7, 11) is -4.61. The van der Waals surface area contributed by atoms with Crippen molar-refractivity contribution >= 4 is 27.4 Å². The summed E-state index contributed by atoms with van der Waals surface area (Å²) in [5.41, 5.74) is -0.347. The number of nitrogens with zero attached hydrogens (tertiary/aromatic N) is 3. The smallest absolute Gasteiger partial charge is 0.416 e. The van der Waals surface area contributed by atoms with Crippen LogP contribution in [0, 0.1) is 5.82 Å². The Morgan fingerprint density at radius 3 is 2.43 bits per heavy atom. The first-order valence-electron chi connectivity index (χ1n) is 12.5. The van der Waals surface area contributed by atoms with Crippen LogP contribution in [0.4, 0.5) is 37.7 Å². The number of piperazine rings is 1. The van der Waals surface area contributed by atoms with Gasteiger partial charge in [-0.2, -0.15) is 22.0 Å². The van der Waals surface area contributed by atoms with E-state index in [1.54, 1.807) is 11.0 Å². The third-order valence-electron chi connectivity index (χ3n) is 7.03. The lowest BCUT2D eigenvalue weighted by atomic mass is 10.00. The van der Waals surface area contributed by atoms with Gasteiger partial charge in [-0.15, -0.1) is 0 Å². The number of alkyl halides is 5. The van der Waals surface area contributed by atoms with Gasteiger partial charge in [0.1, 0.15) is 11.6 Å². The van der Waals surface area contributed by atoms with Crippen LogP contribution in [0.1, 0.15) is 5.56 Å². The molecule has 1 N–H and O–H groups in total. The Bertz CT molecular complexity index is 1620. The molecule has 5 rings (SSSR count). The zero-order valence-electron chi connectivity index (χ0n) is 21.6. The van der Waals surface area contributed by atoms with Crippen molar-refractivity contribution in [3.8, 4) is 16.9 Å². The number of benzene rings is 3. The Morgan fingerprint density at radius 2 is 1.74 bits per heavy atom. The summed E-state index contributed by atoms with van der Waals surface area (Å²) < 4.78 is 113. The van der Waals surface area contributed by atoms with Crippen LogP contribution >= 0.6 is 0 Å². The topological polar surface area (TPSA) is 90.4 Å². The van der Waals surface area contributed by atoms with Crippen molar-refractivity contribution in [1.82, 2.24) is 4.90 Å². The van der Waals surface area contributed by atoms with E-state index in [0.717, 1.165) is 40.7 Å². The molecule has 2 aliphatic rings. The molecule has 224 valence electrons. The first-order chi connectivity index (χ1) is 19.7. The number of aliphatic carboxylic acids is 1. The molecule has 2 heterocycles. The lowest BCUT2D eigenvalue weighted by Crippen LogP contribution is -2.61. The van der Waals surface area contributed by atoms with Gasteiger partial charge in [-0.3, -0.25) is 14.0 Å². The molecule has 0 spiro atoms. The highest BCUT2D eigenvalue weighted by molar-refractivity contribution is 7.92. The van der Waals surface area contributed by atoms with Crippen molar-refractivity contribution in [1.29, 1.82) is 0 Å². The highest BCUT2D eigenvalue weighted by atomic mass is 32.2. The Kier molecular flexibility index (Phi) is 7.74. The molecule has 0 radical (unpaired) electrons. The number of sulfonamides is 1. The summed E-state index contributed by atoms with van der Waals surface area (Å²) in [6.45, 7) is -2.88. The molecule has 2 aliphatic heterocycles. The quantitative estimate of drug-likeness (QED) is 0.379. The van der Waals surface area contributed by atoms with Crippen LogP contribution in [0.25, 0.3) is 11.1 Å². The normalized spacial score (nSPS) is 17.6. The molecule has 1 fully saturated rings. The average molecular weight is 616 g/mol. The lowest BCUT2D eigenvalue weighted by Gasteiger charge is -2.49. The van der Waals surface area contributed by atoms with Crippen molar-refractivity contribution in [2.45, 2.75) is 23.7 Å². The van der Waals surface area contributed by atoms with Crippen molar-refractivity contribution < 1.29 is 49.4 Å². The first kappa shape index (κ1) is 29.5. The maximum atomic E-state index is 14.3. The van der Waals surface area contributed by atoms with Crippen molar-refractivity contribution in [2.75, 3.05) is 41.9 Å². The minimum atomic E-state index is -4.80. The van der Waals surface area contributed by atoms with Crippen LogP contribution in [0.3, 0.4) is 0 Å². The van der Waals surface area contributed by atoms with Gasteiger partial charge in [-0.1, -0.05) is 12.1 Å². The fraction of sp³-hybridized carbons (Fsp3) is 0.296. The monoisotopic (exact) mass is 615 g/mol. The molecule has 0 aliphatic carbocycles. The maximum Gasteiger partial charge on any atom is 0.416 e. The van der Waals surface area contributed by atoms with Crippen molar-refractivity contribution in [3.05, 3.63) is 72.0 Å². The number of hydrogen-bond acceptors (Lipinski definition) is 6. The first-order valence-corrected chi connectivity index (χ1v) is 14.0. The maximum absolute atomic E-state index is 14.3. The molecule has 0 unspecified atom stereocenters. The number of halogens is 6. The zero-order valence-corrected chi connectivity index (χ0v) is 22.4. The summed E-state index contributed by atoms with van der Waals surface area (Å²) in [5, 5.41) is 9.24. The number of carboxylic acids is 1. The third kappa shape index (κ3) is 5.97. The van der Waals surface area contributed by atoms with E-state index in [1.165, 1.54) is 12.1 Å². The molecule has 1 saturated heterocycles. The fourth-order valence-electron chi connectivity index (χ4n) is 5.25. The third-order valence-corrected chi connectivity index (χ3v) is 8.81. The number of rotatable bonds is 7. The van der Waals surface area contributed by atoms with Gasteiger partial charge in [0.15, 0.2) is 0 Å². The second-order valence-corrected chi connectivity index (χ2v) is 11.7. The summed E-state index contributed by atoms with van der Waals surface area (Å²) >= 11 is 0. The molecule has 0 aromatic heterocycles. The molecule has 0 saturated carbocycles. The largest absolute Gasteiger partial charge is 0.480 e. The van der Waals surface area contributed by atoms with Crippen LogP contribution in [0.15, 0.2) is 65.6 Å². The van der Waals surface area contributed by atoms with Gasteiger partial charge in [0.25, 0.3) is 10.0 Å². The molecule has 8 nitrogen and oxygen atoms in total.